The molecule has 0 saturated carbocycles. The number of likely N-dealkylation sites (tertiary alicyclic amines) is 2. The number of amides is 1. The summed E-state index contributed by atoms with van der Waals surface area (Å²) in [7, 11) is 2.09. The van der Waals surface area contributed by atoms with Crippen molar-refractivity contribution in [3.05, 3.63) is 53.2 Å². The summed E-state index contributed by atoms with van der Waals surface area (Å²) in [6.45, 7) is 8.81. The second kappa shape index (κ2) is 8.22. The highest BCUT2D eigenvalue weighted by molar-refractivity contribution is 5.78. The maximum Gasteiger partial charge on any atom is 0.410 e. The Hall–Kier alpha value is -2.67. The van der Waals surface area contributed by atoms with Crippen LogP contribution >= 0.6 is 0 Å². The first-order valence-corrected chi connectivity index (χ1v) is 10.6. The minimum atomic E-state index is -0.488. The van der Waals surface area contributed by atoms with Gasteiger partial charge in [-0.15, -0.1) is 10.2 Å². The topological polar surface area (TPSA) is 71.7 Å². The second-order valence-electron chi connectivity index (χ2n) is 9.18. The molecule has 2 aliphatic heterocycles. The number of benzene rings is 1. The van der Waals surface area contributed by atoms with Gasteiger partial charge >= 0.3 is 6.09 Å². The molecule has 4 rings (SSSR count). The third kappa shape index (κ3) is 4.56. The maximum atomic E-state index is 12.4. The van der Waals surface area contributed by atoms with Crippen LogP contribution in [0.15, 0.2) is 40.3 Å². The molecule has 2 aromatic rings. The quantitative estimate of drug-likeness (QED) is 0.763. The lowest BCUT2D eigenvalue weighted by Gasteiger charge is -2.33. The van der Waals surface area contributed by atoms with Gasteiger partial charge in [0, 0.05) is 31.8 Å². The number of piperidine rings is 1. The fourth-order valence-corrected chi connectivity index (χ4v) is 3.98. The van der Waals surface area contributed by atoms with Gasteiger partial charge in [-0.3, -0.25) is 0 Å². The molecule has 0 bridgehead atoms. The summed E-state index contributed by atoms with van der Waals surface area (Å²) in [6, 6.07) is 10.2. The molecule has 2 fully saturated rings. The van der Waals surface area contributed by atoms with Crippen molar-refractivity contribution in [3.8, 4) is 0 Å². The monoisotopic (exact) mass is 410 g/mol. The van der Waals surface area contributed by atoms with Crippen molar-refractivity contribution >= 4 is 11.7 Å². The van der Waals surface area contributed by atoms with E-state index in [1.807, 2.05) is 39.0 Å². The van der Waals surface area contributed by atoms with Gasteiger partial charge in [0.25, 0.3) is 0 Å². The summed E-state index contributed by atoms with van der Waals surface area (Å²) in [6.07, 6.45) is 1.26. The fourth-order valence-electron chi connectivity index (χ4n) is 3.98. The van der Waals surface area contributed by atoms with Crippen LogP contribution in [0.5, 0.6) is 0 Å². The summed E-state index contributed by atoms with van der Waals surface area (Å²) < 4.78 is 11.7. The number of nitrogens with zero attached hydrogens (tertiary/aromatic N) is 4. The number of carbonyl (C=O) groups is 1. The molecule has 0 aliphatic carbocycles. The molecule has 30 heavy (non-hydrogen) atoms. The van der Waals surface area contributed by atoms with Crippen LogP contribution in [0.2, 0.25) is 0 Å². The van der Waals surface area contributed by atoms with Crippen LogP contribution in [0.4, 0.5) is 4.79 Å². The Morgan fingerprint density at radius 2 is 1.77 bits per heavy atom. The van der Waals surface area contributed by atoms with Crippen molar-refractivity contribution in [2.75, 3.05) is 33.2 Å². The highest BCUT2D eigenvalue weighted by atomic mass is 16.6. The lowest BCUT2D eigenvalue weighted by atomic mass is 9.93. The van der Waals surface area contributed by atoms with Crippen LogP contribution in [-0.4, -0.2) is 64.9 Å². The van der Waals surface area contributed by atoms with Gasteiger partial charge in [0.2, 0.25) is 11.8 Å². The van der Waals surface area contributed by atoms with E-state index in [1.54, 1.807) is 4.90 Å². The molecule has 2 aliphatic rings. The Morgan fingerprint density at radius 1 is 1.10 bits per heavy atom. The fraction of sp³-hybridized carbons (Fsp3) is 0.522. The van der Waals surface area contributed by atoms with Crippen molar-refractivity contribution in [2.24, 2.45) is 0 Å². The van der Waals surface area contributed by atoms with Crippen LogP contribution < -0.4 is 0 Å². The molecule has 7 nitrogen and oxygen atoms in total. The van der Waals surface area contributed by atoms with Crippen LogP contribution in [0.3, 0.4) is 0 Å². The molecule has 0 radical (unpaired) electrons. The van der Waals surface area contributed by atoms with Gasteiger partial charge in [0.15, 0.2) is 0 Å². The molecule has 1 aromatic carbocycles. The Kier molecular flexibility index (Phi) is 5.64. The van der Waals surface area contributed by atoms with Crippen molar-refractivity contribution < 1.29 is 13.9 Å². The van der Waals surface area contributed by atoms with Crippen LogP contribution in [0.25, 0.3) is 5.57 Å². The van der Waals surface area contributed by atoms with Crippen LogP contribution in [0, 0.1) is 0 Å². The highest BCUT2D eigenvalue weighted by Crippen LogP contribution is 2.34. The third-order valence-corrected chi connectivity index (χ3v) is 5.50. The van der Waals surface area contributed by atoms with Gasteiger partial charge in [-0.1, -0.05) is 35.9 Å². The lowest BCUT2D eigenvalue weighted by Crippen LogP contribution is -2.41. The first kappa shape index (κ1) is 20.6. The number of rotatable bonds is 3. The zero-order chi connectivity index (χ0) is 21.3. The van der Waals surface area contributed by atoms with Crippen molar-refractivity contribution in [2.45, 2.75) is 45.1 Å². The first-order valence-electron chi connectivity index (χ1n) is 10.6. The minimum absolute atomic E-state index is 0.253. The van der Waals surface area contributed by atoms with Gasteiger partial charge in [0.1, 0.15) is 5.60 Å². The van der Waals surface area contributed by atoms with Gasteiger partial charge in [-0.05, 0) is 46.2 Å². The van der Waals surface area contributed by atoms with Crippen LogP contribution in [-0.2, 0) is 4.74 Å². The van der Waals surface area contributed by atoms with Crippen molar-refractivity contribution in [1.82, 2.24) is 20.0 Å². The number of carbonyl (C=O) groups excluding carboxylic acids is 1. The number of ether oxygens (including phenoxy) is 1. The number of likely N-dealkylation sites (N-methyl/N-ethyl adjacent to an activating group) is 1. The second-order valence-corrected chi connectivity index (χ2v) is 9.18. The van der Waals surface area contributed by atoms with E-state index in [0.29, 0.717) is 30.8 Å². The summed E-state index contributed by atoms with van der Waals surface area (Å²) in [5, 5.41) is 8.74. The van der Waals surface area contributed by atoms with Gasteiger partial charge in [-0.25, -0.2) is 4.79 Å². The Morgan fingerprint density at radius 3 is 2.37 bits per heavy atom. The van der Waals surface area contributed by atoms with Crippen LogP contribution in [0.1, 0.15) is 56.9 Å². The van der Waals surface area contributed by atoms with Gasteiger partial charge in [-0.2, -0.15) is 0 Å². The molecular formula is C23H30N4O3. The Balaban J connectivity index is 1.57. The van der Waals surface area contributed by atoms with Crippen molar-refractivity contribution in [3.63, 3.8) is 0 Å². The number of hydrogen-bond acceptors (Lipinski definition) is 6. The zero-order valence-corrected chi connectivity index (χ0v) is 18.2. The van der Waals surface area contributed by atoms with E-state index in [9.17, 15) is 4.79 Å². The SMILES string of the molecule is CN1CC(c2nnc(C(=C3CCN(C(=O)OC(C)(C)C)CC3)c3ccccc3)o2)C1. The van der Waals surface area contributed by atoms with E-state index in [0.717, 1.165) is 37.1 Å². The lowest BCUT2D eigenvalue weighted by molar-refractivity contribution is 0.0236. The summed E-state index contributed by atoms with van der Waals surface area (Å²) in [5.74, 6) is 1.60. The molecule has 3 heterocycles. The summed E-state index contributed by atoms with van der Waals surface area (Å²) >= 11 is 0. The average Bonchev–Trinajstić information content (AvgIpc) is 3.15. The molecule has 0 spiro atoms. The third-order valence-electron chi connectivity index (χ3n) is 5.50. The summed E-state index contributed by atoms with van der Waals surface area (Å²) in [4.78, 5) is 16.4. The molecule has 0 N–H and O–H groups in total. The first-order chi connectivity index (χ1) is 14.3. The van der Waals surface area contributed by atoms with E-state index in [4.69, 9.17) is 9.15 Å². The van der Waals surface area contributed by atoms with E-state index in [1.165, 1.54) is 5.57 Å². The normalized spacial score (nSPS) is 18.3. The summed E-state index contributed by atoms with van der Waals surface area (Å²) in [5.41, 5.74) is 2.82. The van der Waals surface area contributed by atoms with E-state index in [2.05, 4.69) is 34.3 Å². The predicted molar refractivity (Wildman–Crippen MR) is 114 cm³/mol. The molecular weight excluding hydrogens is 380 g/mol. The highest BCUT2D eigenvalue weighted by Gasteiger charge is 2.31. The maximum absolute atomic E-state index is 12.4. The molecule has 1 aromatic heterocycles. The smallest absolute Gasteiger partial charge is 0.410 e. The average molecular weight is 411 g/mol. The largest absolute Gasteiger partial charge is 0.444 e. The standard InChI is InChI=1S/C23H30N4O3/c1-23(2,3)30-22(28)27-12-10-17(11-13-27)19(16-8-6-5-7-9-16)21-25-24-20(29-21)18-14-26(4)15-18/h5-9,18H,10-15H2,1-4H3. The molecule has 7 heteroatoms. The molecule has 2 saturated heterocycles. The van der Waals surface area contributed by atoms with E-state index < -0.39 is 5.60 Å². The number of aromatic nitrogens is 2. The Labute approximate surface area is 177 Å². The van der Waals surface area contributed by atoms with Gasteiger partial charge < -0.3 is 19.0 Å². The predicted octanol–water partition coefficient (Wildman–Crippen LogP) is 3.93. The molecule has 1 amide bonds. The van der Waals surface area contributed by atoms with E-state index >= 15 is 0 Å². The van der Waals surface area contributed by atoms with Crippen molar-refractivity contribution in [1.29, 1.82) is 0 Å². The molecule has 160 valence electrons. The molecule has 0 atom stereocenters. The number of hydrogen-bond donors (Lipinski definition) is 0. The molecule has 0 unspecified atom stereocenters. The Bertz CT molecular complexity index is 913. The van der Waals surface area contributed by atoms with E-state index in [-0.39, 0.29) is 6.09 Å². The van der Waals surface area contributed by atoms with Gasteiger partial charge in [0.05, 0.1) is 5.92 Å². The minimum Gasteiger partial charge on any atom is -0.444 e. The zero-order valence-electron chi connectivity index (χ0n) is 18.2.